The molecule has 0 fully saturated rings. The molecule has 6 nitrogen and oxygen atoms in total. The minimum absolute atomic E-state index is 0.0503. The average Bonchev–Trinajstić information content (AvgIpc) is 2.52. The quantitative estimate of drug-likeness (QED) is 0.638. The lowest BCUT2D eigenvalue weighted by atomic mass is 9.85. The number of methoxy groups -OCH3 is 2. The maximum atomic E-state index is 11.5. The van der Waals surface area contributed by atoms with E-state index in [4.69, 9.17) is 0 Å². The highest BCUT2D eigenvalue weighted by molar-refractivity contribution is 6.41. The summed E-state index contributed by atoms with van der Waals surface area (Å²) in [6.45, 7) is 3.52. The first-order chi connectivity index (χ1) is 6.94. The first-order valence-corrected chi connectivity index (χ1v) is 4.45. The summed E-state index contributed by atoms with van der Waals surface area (Å²) in [7, 11) is 2.51. The molecule has 0 amide bonds. The fourth-order valence-electron chi connectivity index (χ4n) is 1.47. The Morgan fingerprint density at radius 3 is 2.40 bits per heavy atom. The van der Waals surface area contributed by atoms with Crippen LogP contribution in [0.3, 0.4) is 0 Å². The number of nitrogens with zero attached hydrogens (tertiary/aromatic N) is 1. The molecule has 15 heavy (non-hydrogen) atoms. The van der Waals surface area contributed by atoms with Crippen LogP contribution in [0, 0.1) is 5.92 Å². The zero-order valence-corrected chi connectivity index (χ0v) is 9.16. The fourth-order valence-corrected chi connectivity index (χ4v) is 1.47. The van der Waals surface area contributed by atoms with Crippen LogP contribution in [0.2, 0.25) is 0 Å². The molecule has 0 aliphatic carbocycles. The van der Waals surface area contributed by atoms with Crippen molar-refractivity contribution in [1.29, 1.82) is 0 Å². The van der Waals surface area contributed by atoms with E-state index in [1.165, 1.54) is 14.2 Å². The number of carbonyl (C=O) groups excluding carboxylic acids is 2. The molecule has 1 atom stereocenters. The van der Waals surface area contributed by atoms with Crippen LogP contribution in [-0.2, 0) is 19.1 Å². The van der Waals surface area contributed by atoms with Crippen molar-refractivity contribution >= 4 is 17.7 Å². The number of esters is 2. The molecule has 0 bridgehead atoms. The van der Waals surface area contributed by atoms with Crippen molar-refractivity contribution in [3.63, 3.8) is 0 Å². The number of hydrogen-bond donors (Lipinski definition) is 1. The van der Waals surface area contributed by atoms with Crippen LogP contribution >= 0.6 is 0 Å². The van der Waals surface area contributed by atoms with Gasteiger partial charge >= 0.3 is 11.9 Å². The molecule has 0 radical (unpaired) electrons. The van der Waals surface area contributed by atoms with Crippen LogP contribution in [0.4, 0.5) is 0 Å². The van der Waals surface area contributed by atoms with E-state index in [2.05, 4.69) is 20.0 Å². The van der Waals surface area contributed by atoms with E-state index < -0.39 is 23.4 Å². The van der Waals surface area contributed by atoms with E-state index >= 15 is 0 Å². The Kier molecular flexibility index (Phi) is 2.97. The molecule has 0 aromatic heterocycles. The van der Waals surface area contributed by atoms with Gasteiger partial charge in [0.25, 0.3) is 0 Å². The molecule has 0 spiro atoms. The van der Waals surface area contributed by atoms with Gasteiger partial charge in [0.1, 0.15) is 5.92 Å². The molecule has 6 heteroatoms. The standard InChI is InChI=1S/C9H14N2O4/c1-9(2)5(7(12)14-3)6(10-11-9)8(13)15-4/h5,11H,1-4H3. The van der Waals surface area contributed by atoms with Gasteiger partial charge in [-0.2, -0.15) is 5.10 Å². The molecule has 0 aromatic rings. The largest absolute Gasteiger partial charge is 0.468 e. The van der Waals surface area contributed by atoms with E-state index in [0.717, 1.165) is 0 Å². The summed E-state index contributed by atoms with van der Waals surface area (Å²) in [5.41, 5.74) is 2.12. The first-order valence-electron chi connectivity index (χ1n) is 4.45. The maximum Gasteiger partial charge on any atom is 0.355 e. The molecule has 1 aliphatic heterocycles. The zero-order chi connectivity index (χ0) is 11.6. The van der Waals surface area contributed by atoms with Crippen LogP contribution in [-0.4, -0.2) is 37.4 Å². The van der Waals surface area contributed by atoms with Gasteiger partial charge in [0, 0.05) is 0 Å². The minimum atomic E-state index is -0.741. The second-order valence-electron chi connectivity index (χ2n) is 3.78. The third-order valence-corrected chi connectivity index (χ3v) is 2.29. The molecule has 1 heterocycles. The van der Waals surface area contributed by atoms with Gasteiger partial charge in [-0.15, -0.1) is 0 Å². The number of carbonyl (C=O) groups is 2. The number of ether oxygens (including phenoxy) is 2. The van der Waals surface area contributed by atoms with Gasteiger partial charge in [0.15, 0.2) is 5.71 Å². The molecular formula is C9H14N2O4. The summed E-state index contributed by atoms with van der Waals surface area (Å²) in [5, 5.41) is 3.80. The van der Waals surface area contributed by atoms with Crippen LogP contribution in [0.1, 0.15) is 13.8 Å². The summed E-state index contributed by atoms with van der Waals surface area (Å²) in [6.07, 6.45) is 0. The van der Waals surface area contributed by atoms with Gasteiger partial charge in [-0.1, -0.05) is 0 Å². The molecule has 1 unspecified atom stereocenters. The van der Waals surface area contributed by atoms with Crippen molar-refractivity contribution in [2.45, 2.75) is 19.4 Å². The van der Waals surface area contributed by atoms with Crippen LogP contribution < -0.4 is 5.43 Å². The third kappa shape index (κ3) is 1.93. The van der Waals surface area contributed by atoms with Gasteiger partial charge in [0.05, 0.1) is 19.8 Å². The Balaban J connectivity index is 2.99. The van der Waals surface area contributed by atoms with E-state index in [-0.39, 0.29) is 5.71 Å². The van der Waals surface area contributed by atoms with E-state index in [1.807, 2.05) is 0 Å². The topological polar surface area (TPSA) is 77.0 Å². The van der Waals surface area contributed by atoms with Crippen molar-refractivity contribution < 1.29 is 19.1 Å². The van der Waals surface area contributed by atoms with Gasteiger partial charge in [0.2, 0.25) is 0 Å². The highest BCUT2D eigenvalue weighted by Crippen LogP contribution is 2.25. The van der Waals surface area contributed by atoms with Crippen LogP contribution in [0.15, 0.2) is 5.10 Å². The van der Waals surface area contributed by atoms with Gasteiger partial charge < -0.3 is 14.9 Å². The molecule has 1 aliphatic rings. The van der Waals surface area contributed by atoms with Crippen molar-refractivity contribution in [2.75, 3.05) is 14.2 Å². The molecule has 0 aromatic carbocycles. The smallest absolute Gasteiger partial charge is 0.355 e. The molecule has 84 valence electrons. The van der Waals surface area contributed by atoms with Gasteiger partial charge in [-0.05, 0) is 13.8 Å². The maximum absolute atomic E-state index is 11.5. The van der Waals surface area contributed by atoms with Gasteiger partial charge in [-0.3, -0.25) is 4.79 Å². The minimum Gasteiger partial charge on any atom is -0.468 e. The predicted octanol–water partition coefficient (Wildman–Crippen LogP) is -0.314. The molecular weight excluding hydrogens is 200 g/mol. The third-order valence-electron chi connectivity index (χ3n) is 2.29. The molecule has 1 rings (SSSR count). The fraction of sp³-hybridized carbons (Fsp3) is 0.667. The number of nitrogens with one attached hydrogen (secondary N) is 1. The van der Waals surface area contributed by atoms with Crippen LogP contribution in [0.5, 0.6) is 0 Å². The van der Waals surface area contributed by atoms with Crippen molar-refractivity contribution in [2.24, 2.45) is 11.0 Å². The van der Waals surface area contributed by atoms with Crippen molar-refractivity contribution in [3.8, 4) is 0 Å². The van der Waals surface area contributed by atoms with Crippen LogP contribution in [0.25, 0.3) is 0 Å². The average molecular weight is 214 g/mol. The van der Waals surface area contributed by atoms with Crippen molar-refractivity contribution in [3.05, 3.63) is 0 Å². The zero-order valence-electron chi connectivity index (χ0n) is 9.16. The Labute approximate surface area is 87.6 Å². The number of hydrogen-bond acceptors (Lipinski definition) is 6. The molecule has 0 saturated carbocycles. The number of hydrazone groups is 1. The second kappa shape index (κ2) is 3.88. The van der Waals surface area contributed by atoms with Crippen molar-refractivity contribution in [1.82, 2.24) is 5.43 Å². The lowest BCUT2D eigenvalue weighted by Gasteiger charge is -2.24. The summed E-state index contributed by atoms with van der Waals surface area (Å²) in [6, 6.07) is 0. The lowest BCUT2D eigenvalue weighted by molar-refractivity contribution is -0.146. The normalized spacial score (nSPS) is 22.7. The Hall–Kier alpha value is -1.59. The van der Waals surface area contributed by atoms with E-state index in [0.29, 0.717) is 0 Å². The monoisotopic (exact) mass is 214 g/mol. The predicted molar refractivity (Wildman–Crippen MR) is 52.2 cm³/mol. The Morgan fingerprint density at radius 2 is 1.93 bits per heavy atom. The second-order valence-corrected chi connectivity index (χ2v) is 3.78. The van der Waals surface area contributed by atoms with Gasteiger partial charge in [-0.25, -0.2) is 4.79 Å². The number of rotatable bonds is 2. The highest BCUT2D eigenvalue weighted by atomic mass is 16.5. The first kappa shape index (κ1) is 11.5. The lowest BCUT2D eigenvalue weighted by Crippen LogP contribution is -2.46. The summed E-state index contributed by atoms with van der Waals surface area (Å²) >= 11 is 0. The summed E-state index contributed by atoms with van der Waals surface area (Å²) in [5.74, 6) is -1.87. The van der Waals surface area contributed by atoms with E-state index in [1.54, 1.807) is 13.8 Å². The summed E-state index contributed by atoms with van der Waals surface area (Å²) in [4.78, 5) is 22.8. The SMILES string of the molecule is COC(=O)C1=NNC(C)(C)C1C(=O)OC. The summed E-state index contributed by atoms with van der Waals surface area (Å²) < 4.78 is 9.16. The Morgan fingerprint density at radius 1 is 1.33 bits per heavy atom. The molecule has 1 N–H and O–H groups in total. The highest BCUT2D eigenvalue weighted by Gasteiger charge is 2.47. The Bertz CT molecular complexity index is 322. The molecule has 0 saturated heterocycles. The van der Waals surface area contributed by atoms with E-state index in [9.17, 15) is 9.59 Å².